The number of likely N-dealkylation sites (tertiary alicyclic amines) is 1. The van der Waals surface area contributed by atoms with Crippen molar-refractivity contribution in [2.45, 2.75) is 70.8 Å². The monoisotopic (exact) mass is 329 g/mol. The van der Waals surface area contributed by atoms with E-state index >= 15 is 0 Å². The van der Waals surface area contributed by atoms with Crippen molar-refractivity contribution in [3.63, 3.8) is 0 Å². The third kappa shape index (κ3) is 2.31. The summed E-state index contributed by atoms with van der Waals surface area (Å²) in [4.78, 5) is 15.7. The van der Waals surface area contributed by atoms with E-state index in [2.05, 4.69) is 25.7 Å². The highest BCUT2D eigenvalue weighted by molar-refractivity contribution is 5.90. The van der Waals surface area contributed by atoms with Gasteiger partial charge in [0.15, 0.2) is 0 Å². The summed E-state index contributed by atoms with van der Waals surface area (Å²) in [5.41, 5.74) is 0.523. The SMILES string of the molecule is CC1(C)CC2CC(C)(CN2C(=O)C2(c3ccccc3F)CCC2)C1. The quantitative estimate of drug-likeness (QED) is 0.772. The van der Waals surface area contributed by atoms with E-state index in [0.717, 1.165) is 38.6 Å². The number of hydrogen-bond acceptors (Lipinski definition) is 1. The van der Waals surface area contributed by atoms with Gasteiger partial charge >= 0.3 is 0 Å². The first-order valence-corrected chi connectivity index (χ1v) is 9.31. The Morgan fingerprint density at radius 1 is 1.17 bits per heavy atom. The molecule has 130 valence electrons. The van der Waals surface area contributed by atoms with Crippen LogP contribution in [0, 0.1) is 16.6 Å². The van der Waals surface area contributed by atoms with Crippen LogP contribution in [0.3, 0.4) is 0 Å². The molecule has 0 aromatic heterocycles. The van der Waals surface area contributed by atoms with E-state index < -0.39 is 5.41 Å². The van der Waals surface area contributed by atoms with Gasteiger partial charge in [-0.2, -0.15) is 0 Å². The first-order valence-electron chi connectivity index (χ1n) is 9.31. The molecule has 24 heavy (non-hydrogen) atoms. The van der Waals surface area contributed by atoms with E-state index in [-0.39, 0.29) is 22.6 Å². The van der Waals surface area contributed by atoms with Gasteiger partial charge in [-0.15, -0.1) is 0 Å². The van der Waals surface area contributed by atoms with Gasteiger partial charge in [0.05, 0.1) is 5.41 Å². The van der Waals surface area contributed by atoms with Crippen LogP contribution in [0.1, 0.15) is 64.9 Å². The smallest absolute Gasteiger partial charge is 0.233 e. The maximum atomic E-state index is 14.4. The van der Waals surface area contributed by atoms with Crippen LogP contribution in [0.2, 0.25) is 0 Å². The second-order valence-electron chi connectivity index (χ2n) is 9.56. The number of amides is 1. The van der Waals surface area contributed by atoms with Crippen molar-refractivity contribution in [2.24, 2.45) is 10.8 Å². The molecule has 1 heterocycles. The predicted molar refractivity (Wildman–Crippen MR) is 93.2 cm³/mol. The van der Waals surface area contributed by atoms with Gasteiger partial charge < -0.3 is 4.90 Å². The summed E-state index contributed by atoms with van der Waals surface area (Å²) in [6, 6.07) is 7.21. The number of benzene rings is 1. The van der Waals surface area contributed by atoms with Crippen LogP contribution in [-0.2, 0) is 10.2 Å². The lowest BCUT2D eigenvalue weighted by atomic mass is 9.63. The van der Waals surface area contributed by atoms with Gasteiger partial charge in [0.2, 0.25) is 5.91 Å². The minimum absolute atomic E-state index is 0.185. The Hall–Kier alpha value is -1.38. The summed E-state index contributed by atoms with van der Waals surface area (Å²) in [6.45, 7) is 7.81. The molecule has 2 atom stereocenters. The van der Waals surface area contributed by atoms with Gasteiger partial charge in [-0.1, -0.05) is 45.4 Å². The molecule has 3 fully saturated rings. The van der Waals surface area contributed by atoms with E-state index in [0.29, 0.717) is 11.6 Å². The van der Waals surface area contributed by atoms with Crippen molar-refractivity contribution in [1.29, 1.82) is 0 Å². The van der Waals surface area contributed by atoms with Gasteiger partial charge in [-0.05, 0) is 49.0 Å². The minimum atomic E-state index is -0.608. The van der Waals surface area contributed by atoms with Crippen LogP contribution in [0.5, 0.6) is 0 Å². The Balaban J connectivity index is 1.67. The number of halogens is 1. The zero-order valence-corrected chi connectivity index (χ0v) is 15.1. The van der Waals surface area contributed by atoms with Crippen molar-refractivity contribution in [2.75, 3.05) is 6.54 Å². The molecule has 2 bridgehead atoms. The van der Waals surface area contributed by atoms with Crippen molar-refractivity contribution in [1.82, 2.24) is 4.90 Å². The van der Waals surface area contributed by atoms with E-state index in [9.17, 15) is 9.18 Å². The van der Waals surface area contributed by atoms with Gasteiger partial charge in [-0.25, -0.2) is 4.39 Å². The highest BCUT2D eigenvalue weighted by Gasteiger charge is 2.56. The normalized spacial score (nSPS) is 33.2. The molecule has 1 aliphatic heterocycles. The Kier molecular flexibility index (Phi) is 3.40. The summed E-state index contributed by atoms with van der Waals surface area (Å²) in [5, 5.41) is 0. The number of carbonyl (C=O) groups excluding carboxylic acids is 1. The molecule has 2 nitrogen and oxygen atoms in total. The molecule has 2 aliphatic carbocycles. The van der Waals surface area contributed by atoms with Gasteiger partial charge in [0.1, 0.15) is 5.82 Å². The summed E-state index contributed by atoms with van der Waals surface area (Å²) < 4.78 is 14.4. The van der Waals surface area contributed by atoms with E-state index in [1.54, 1.807) is 6.07 Å². The molecule has 3 heteroatoms. The fourth-order valence-corrected chi connectivity index (χ4v) is 5.95. The van der Waals surface area contributed by atoms with Crippen LogP contribution >= 0.6 is 0 Å². The Bertz CT molecular complexity index is 678. The third-order valence-corrected chi connectivity index (χ3v) is 6.68. The standard InChI is InChI=1S/C21H28FNO/c1-19(2)11-15-12-20(3,13-19)14-23(15)18(24)21(9-6-10-21)16-7-4-5-8-17(16)22/h4-5,7-8,15H,6,9-14H2,1-3H3. The number of fused-ring (bicyclic) bond motifs is 2. The van der Waals surface area contributed by atoms with Crippen molar-refractivity contribution in [3.05, 3.63) is 35.6 Å². The highest BCUT2D eigenvalue weighted by Crippen LogP contribution is 2.55. The van der Waals surface area contributed by atoms with E-state index in [1.165, 1.54) is 12.5 Å². The van der Waals surface area contributed by atoms with E-state index in [1.807, 2.05) is 12.1 Å². The Morgan fingerprint density at radius 3 is 2.50 bits per heavy atom. The van der Waals surface area contributed by atoms with Crippen molar-refractivity contribution >= 4 is 5.91 Å². The molecule has 2 saturated carbocycles. The fraction of sp³-hybridized carbons (Fsp3) is 0.667. The fourth-order valence-electron chi connectivity index (χ4n) is 5.95. The molecular weight excluding hydrogens is 301 g/mol. The van der Waals surface area contributed by atoms with Crippen LogP contribution in [0.4, 0.5) is 4.39 Å². The lowest BCUT2D eigenvalue weighted by Gasteiger charge is -2.45. The first kappa shape index (κ1) is 16.1. The van der Waals surface area contributed by atoms with Gasteiger partial charge in [0, 0.05) is 18.2 Å². The molecule has 1 saturated heterocycles. The van der Waals surface area contributed by atoms with Crippen LogP contribution in [0.25, 0.3) is 0 Å². The molecule has 3 aliphatic rings. The van der Waals surface area contributed by atoms with E-state index in [4.69, 9.17) is 0 Å². The molecule has 1 aromatic rings. The zero-order chi connectivity index (χ0) is 17.2. The van der Waals surface area contributed by atoms with Crippen LogP contribution in [-0.4, -0.2) is 23.4 Å². The summed E-state index contributed by atoms with van der Waals surface area (Å²) in [5.74, 6) is -0.0375. The van der Waals surface area contributed by atoms with Gasteiger partial charge in [-0.3, -0.25) is 4.79 Å². The highest BCUT2D eigenvalue weighted by atomic mass is 19.1. The lowest BCUT2D eigenvalue weighted by Crippen LogP contribution is -2.53. The maximum absolute atomic E-state index is 14.4. The van der Waals surface area contributed by atoms with Gasteiger partial charge in [0.25, 0.3) is 0 Å². The number of hydrogen-bond donors (Lipinski definition) is 0. The van der Waals surface area contributed by atoms with Crippen molar-refractivity contribution in [3.8, 4) is 0 Å². The molecule has 4 rings (SSSR count). The molecule has 0 radical (unpaired) electrons. The molecule has 0 N–H and O–H groups in total. The molecule has 2 unspecified atom stereocenters. The van der Waals surface area contributed by atoms with Crippen LogP contribution < -0.4 is 0 Å². The van der Waals surface area contributed by atoms with Crippen molar-refractivity contribution < 1.29 is 9.18 Å². The second kappa shape index (κ2) is 5.06. The molecule has 0 spiro atoms. The largest absolute Gasteiger partial charge is 0.338 e. The lowest BCUT2D eigenvalue weighted by molar-refractivity contribution is -0.142. The molecule has 1 aromatic carbocycles. The average molecular weight is 329 g/mol. The number of nitrogens with zero attached hydrogens (tertiary/aromatic N) is 1. The predicted octanol–water partition coefficient (Wildman–Crippen LogP) is 4.67. The third-order valence-electron chi connectivity index (χ3n) is 6.68. The first-order chi connectivity index (χ1) is 11.2. The minimum Gasteiger partial charge on any atom is -0.338 e. The topological polar surface area (TPSA) is 20.3 Å². The summed E-state index contributed by atoms with van der Waals surface area (Å²) >= 11 is 0. The maximum Gasteiger partial charge on any atom is 0.233 e. The second-order valence-corrected chi connectivity index (χ2v) is 9.56. The summed E-state index contributed by atoms with van der Waals surface area (Å²) in [7, 11) is 0. The molecule has 1 amide bonds. The number of rotatable bonds is 2. The zero-order valence-electron chi connectivity index (χ0n) is 15.1. The Labute approximate surface area is 144 Å². The average Bonchev–Trinajstić information content (AvgIpc) is 2.68. The molecular formula is C21H28FNO. The number of carbonyl (C=O) groups is 1. The Morgan fingerprint density at radius 2 is 1.88 bits per heavy atom. The van der Waals surface area contributed by atoms with Crippen LogP contribution in [0.15, 0.2) is 24.3 Å². The summed E-state index contributed by atoms with van der Waals surface area (Å²) in [6.07, 6.45) is 5.94.